The lowest BCUT2D eigenvalue weighted by atomic mass is 9.72. The summed E-state index contributed by atoms with van der Waals surface area (Å²) in [6, 6.07) is 30.7. The molecule has 8 rings (SSSR count). The molecule has 6 nitrogen and oxygen atoms in total. The molecule has 2 aliphatic carbocycles. The summed E-state index contributed by atoms with van der Waals surface area (Å²) in [5.41, 5.74) is 3.11. The highest BCUT2D eigenvalue weighted by atomic mass is 35.5. The Hall–Kier alpha value is -2.88. The van der Waals surface area contributed by atoms with Crippen molar-refractivity contribution in [3.63, 3.8) is 0 Å². The Morgan fingerprint density at radius 3 is 1.52 bits per heavy atom. The Kier molecular flexibility index (Phi) is 15.0. The van der Waals surface area contributed by atoms with Gasteiger partial charge in [-0.1, -0.05) is 103 Å². The van der Waals surface area contributed by atoms with E-state index < -0.39 is 11.2 Å². The van der Waals surface area contributed by atoms with Crippen molar-refractivity contribution in [2.24, 2.45) is 11.8 Å². The Morgan fingerprint density at radius 1 is 0.552 bits per heavy atom. The number of anilines is 2. The molecule has 2 N–H and O–H groups in total. The van der Waals surface area contributed by atoms with Gasteiger partial charge >= 0.3 is 0 Å². The van der Waals surface area contributed by atoms with Crippen LogP contribution in [0.1, 0.15) is 62.5 Å². The molecule has 2 heterocycles. The third kappa shape index (κ3) is 11.5. The van der Waals surface area contributed by atoms with Crippen LogP contribution in [0.5, 0.6) is 0 Å². The summed E-state index contributed by atoms with van der Waals surface area (Å²) in [6.07, 6.45) is 9.67. The zero-order valence-corrected chi connectivity index (χ0v) is 36.0. The molecule has 4 unspecified atom stereocenters. The van der Waals surface area contributed by atoms with E-state index in [1.807, 2.05) is 66.7 Å². The number of hydrogen-bond donors (Lipinski definition) is 2. The largest absolute Gasteiger partial charge is 0.389 e. The Morgan fingerprint density at radius 2 is 1.03 bits per heavy atom. The minimum atomic E-state index is -0.694. The second-order valence-electron chi connectivity index (χ2n) is 17.2. The number of rotatable bonds is 10. The van der Waals surface area contributed by atoms with E-state index in [-0.39, 0.29) is 11.7 Å². The summed E-state index contributed by atoms with van der Waals surface area (Å²) in [6.45, 7) is 9.87. The number of nitrogens with zero attached hydrogens (tertiary/aromatic N) is 4. The van der Waals surface area contributed by atoms with E-state index in [1.165, 1.54) is 36.3 Å². The molecule has 0 spiro atoms. The van der Waals surface area contributed by atoms with Crippen molar-refractivity contribution in [2.45, 2.75) is 75.4 Å². The minimum Gasteiger partial charge on any atom is -0.389 e. The van der Waals surface area contributed by atoms with Gasteiger partial charge in [-0.3, -0.25) is 9.80 Å². The summed E-state index contributed by atoms with van der Waals surface area (Å²) in [7, 11) is 0. The maximum absolute atomic E-state index is 13.2. The predicted octanol–water partition coefficient (Wildman–Crippen LogP) is 10.0. The number of piperazine rings is 2. The third-order valence-corrected chi connectivity index (χ3v) is 14.1. The highest BCUT2D eigenvalue weighted by Gasteiger charge is 2.41. The minimum absolute atomic E-state index is 0.224. The number of aliphatic hydroxyl groups is 2. The van der Waals surface area contributed by atoms with Crippen LogP contribution in [0.4, 0.5) is 15.8 Å². The van der Waals surface area contributed by atoms with Gasteiger partial charge in [-0.25, -0.2) is 4.39 Å². The van der Waals surface area contributed by atoms with Gasteiger partial charge in [0.25, 0.3) is 0 Å². The fourth-order valence-electron chi connectivity index (χ4n) is 9.85. The fourth-order valence-corrected chi connectivity index (χ4v) is 10.4. The molecule has 0 radical (unpaired) electrons. The van der Waals surface area contributed by atoms with Gasteiger partial charge in [-0.05, 0) is 91.4 Å². The SMILES string of the molecule is OC1(Cc2ccc(F)cc2)CCCCC1CN1CCN(c2cccc(Cl)c2)CC1.OC1(Cc2ccccc2Cl)CCCCC1CN1CCN(c2cccc(Cl)c2)CC1. The van der Waals surface area contributed by atoms with Gasteiger partial charge in [0.1, 0.15) is 5.82 Å². The molecule has 2 saturated heterocycles. The van der Waals surface area contributed by atoms with Crippen molar-refractivity contribution in [1.82, 2.24) is 9.80 Å². The van der Waals surface area contributed by atoms with Crippen LogP contribution in [-0.2, 0) is 12.8 Å². The molecular weight excluding hydrogens is 790 g/mol. The van der Waals surface area contributed by atoms with Gasteiger partial charge in [0.2, 0.25) is 0 Å². The molecule has 4 atom stereocenters. The van der Waals surface area contributed by atoms with Crippen molar-refractivity contribution in [3.05, 3.63) is 129 Å². The number of benzene rings is 4. The van der Waals surface area contributed by atoms with Crippen LogP contribution in [-0.4, -0.2) is 96.7 Å². The van der Waals surface area contributed by atoms with Crippen LogP contribution in [0, 0.1) is 17.7 Å². The molecule has 58 heavy (non-hydrogen) atoms. The van der Waals surface area contributed by atoms with Crippen LogP contribution in [0.2, 0.25) is 15.1 Å². The molecular formula is C48H60Cl3FN4O2. The first-order valence-corrected chi connectivity index (χ1v) is 22.6. The summed E-state index contributed by atoms with van der Waals surface area (Å²) < 4.78 is 13.2. The smallest absolute Gasteiger partial charge is 0.123 e. The van der Waals surface area contributed by atoms with Gasteiger partial charge in [-0.2, -0.15) is 0 Å². The van der Waals surface area contributed by atoms with Gasteiger partial charge < -0.3 is 20.0 Å². The molecule has 2 saturated carbocycles. The second kappa shape index (κ2) is 20.1. The van der Waals surface area contributed by atoms with E-state index in [0.717, 1.165) is 130 Å². The molecule has 4 fully saturated rings. The van der Waals surface area contributed by atoms with Crippen molar-refractivity contribution in [2.75, 3.05) is 75.2 Å². The maximum atomic E-state index is 13.2. The first-order valence-electron chi connectivity index (χ1n) is 21.4. The topological polar surface area (TPSA) is 53.4 Å². The molecule has 0 aromatic heterocycles. The summed E-state index contributed by atoms with van der Waals surface area (Å²) >= 11 is 18.7. The first-order chi connectivity index (χ1) is 28.0. The van der Waals surface area contributed by atoms with E-state index >= 15 is 0 Å². The van der Waals surface area contributed by atoms with Gasteiger partial charge in [-0.15, -0.1) is 0 Å². The average molecular weight is 850 g/mol. The molecule has 312 valence electrons. The van der Waals surface area contributed by atoms with Crippen LogP contribution in [0.3, 0.4) is 0 Å². The Balaban J connectivity index is 0.000000177. The lowest BCUT2D eigenvalue weighted by molar-refractivity contribution is -0.0598. The Labute approximate surface area is 360 Å². The van der Waals surface area contributed by atoms with Crippen LogP contribution < -0.4 is 9.80 Å². The summed E-state index contributed by atoms with van der Waals surface area (Å²) in [4.78, 5) is 9.80. The predicted molar refractivity (Wildman–Crippen MR) is 239 cm³/mol. The quantitative estimate of drug-likeness (QED) is 0.166. The summed E-state index contributed by atoms with van der Waals surface area (Å²) in [5, 5.41) is 25.4. The molecule has 10 heteroatoms. The zero-order valence-electron chi connectivity index (χ0n) is 33.7. The van der Waals surface area contributed by atoms with Gasteiger partial charge in [0.15, 0.2) is 0 Å². The molecule has 4 aromatic rings. The van der Waals surface area contributed by atoms with Crippen molar-refractivity contribution in [3.8, 4) is 0 Å². The summed E-state index contributed by atoms with van der Waals surface area (Å²) in [5.74, 6) is 0.336. The van der Waals surface area contributed by atoms with Gasteiger partial charge in [0.05, 0.1) is 11.2 Å². The van der Waals surface area contributed by atoms with E-state index in [0.29, 0.717) is 18.8 Å². The molecule has 0 bridgehead atoms. The molecule has 0 amide bonds. The molecule has 4 aliphatic rings. The third-order valence-electron chi connectivity index (χ3n) is 13.3. The van der Waals surface area contributed by atoms with Crippen molar-refractivity contribution in [1.29, 1.82) is 0 Å². The van der Waals surface area contributed by atoms with Gasteiger partial charge in [0, 0.05) is 117 Å². The maximum Gasteiger partial charge on any atom is 0.123 e. The molecule has 2 aliphatic heterocycles. The lowest BCUT2D eigenvalue weighted by Crippen LogP contribution is -2.52. The van der Waals surface area contributed by atoms with E-state index in [4.69, 9.17) is 34.8 Å². The van der Waals surface area contributed by atoms with E-state index in [9.17, 15) is 14.6 Å². The van der Waals surface area contributed by atoms with Crippen LogP contribution in [0.15, 0.2) is 97.1 Å². The molecule has 4 aromatic carbocycles. The lowest BCUT2D eigenvalue weighted by Gasteiger charge is -2.44. The van der Waals surface area contributed by atoms with Crippen molar-refractivity contribution >= 4 is 46.2 Å². The van der Waals surface area contributed by atoms with E-state index in [2.05, 4.69) is 37.8 Å². The number of halogens is 4. The fraction of sp³-hybridized carbons (Fsp3) is 0.500. The van der Waals surface area contributed by atoms with Crippen LogP contribution in [0.25, 0.3) is 0 Å². The number of hydrogen-bond acceptors (Lipinski definition) is 6. The van der Waals surface area contributed by atoms with Crippen LogP contribution >= 0.6 is 34.8 Å². The highest BCUT2D eigenvalue weighted by molar-refractivity contribution is 6.31. The normalized spacial score (nSPS) is 25.9. The standard InChI is InChI=1S/C24H30Cl2N2O.C24H30ClFN2O/c25-21-8-5-9-22(16-21)28-14-12-27(13-15-28)18-20-7-3-4-11-24(20,29)17-19-6-1-2-10-23(19)26;25-21-5-3-6-23(16-21)28-14-12-27(13-15-28)18-20-4-1-2-11-24(20,29)17-19-7-9-22(26)10-8-19/h1-2,5-6,8-10,16,20,29H,3-4,7,11-15,17-18H2;3,5-10,16,20,29H,1-2,4,11-15,17-18H2. The first kappa shape index (κ1) is 43.2. The monoisotopic (exact) mass is 848 g/mol. The second-order valence-corrected chi connectivity index (χ2v) is 18.5. The van der Waals surface area contributed by atoms with Crippen molar-refractivity contribution < 1.29 is 14.6 Å². The average Bonchev–Trinajstić information content (AvgIpc) is 3.22. The zero-order chi connectivity index (χ0) is 40.5. The Bertz CT molecular complexity index is 1900. The highest BCUT2D eigenvalue weighted by Crippen LogP contribution is 2.39. The van der Waals surface area contributed by atoms with E-state index in [1.54, 1.807) is 0 Å².